The highest BCUT2D eigenvalue weighted by Gasteiger charge is 2.29. The van der Waals surface area contributed by atoms with Crippen LogP contribution in [-0.4, -0.2) is 50.2 Å². The average molecular weight is 294 g/mol. The number of rotatable bonds is 5. The first-order valence-corrected chi connectivity index (χ1v) is 6.57. The van der Waals surface area contributed by atoms with Crippen LogP contribution < -0.4 is 16.0 Å². The third-order valence-electron chi connectivity index (χ3n) is 3.49. The molecule has 2 atom stereocenters. The molecule has 1 aromatic carbocycles. The van der Waals surface area contributed by atoms with Crippen molar-refractivity contribution in [2.24, 2.45) is 0 Å². The summed E-state index contributed by atoms with van der Waals surface area (Å²) in [4.78, 5) is 22.3. The molecule has 2 rings (SSSR count). The quantitative estimate of drug-likeness (QED) is 0.534. The van der Waals surface area contributed by atoms with Crippen molar-refractivity contribution in [3.8, 4) is 0 Å². The molecule has 114 valence electrons. The van der Waals surface area contributed by atoms with E-state index in [0.29, 0.717) is 18.8 Å². The number of hydrogen-bond donors (Lipinski definition) is 3. The van der Waals surface area contributed by atoms with E-state index in [-0.39, 0.29) is 29.3 Å². The molecule has 0 saturated carbocycles. The highest BCUT2D eigenvalue weighted by molar-refractivity contribution is 5.95. The van der Waals surface area contributed by atoms with Gasteiger partial charge in [0.2, 0.25) is 0 Å². The van der Waals surface area contributed by atoms with Crippen molar-refractivity contribution in [1.29, 1.82) is 0 Å². The summed E-state index contributed by atoms with van der Waals surface area (Å²) >= 11 is 0. The van der Waals surface area contributed by atoms with Gasteiger partial charge in [-0.1, -0.05) is 0 Å². The highest BCUT2D eigenvalue weighted by atomic mass is 16.6. The van der Waals surface area contributed by atoms with Gasteiger partial charge in [-0.15, -0.1) is 0 Å². The van der Waals surface area contributed by atoms with Gasteiger partial charge in [-0.25, -0.2) is 0 Å². The molecule has 21 heavy (non-hydrogen) atoms. The van der Waals surface area contributed by atoms with E-state index in [9.17, 15) is 14.9 Å². The minimum absolute atomic E-state index is 0.0526. The Morgan fingerprint density at radius 3 is 2.86 bits per heavy atom. The molecule has 0 radical (unpaired) electrons. The number of ether oxygens (including phenoxy) is 1. The van der Waals surface area contributed by atoms with E-state index in [0.717, 1.165) is 0 Å². The molecule has 0 spiro atoms. The van der Waals surface area contributed by atoms with Crippen LogP contribution in [0.4, 0.5) is 11.4 Å². The van der Waals surface area contributed by atoms with Crippen molar-refractivity contribution >= 4 is 17.3 Å². The van der Waals surface area contributed by atoms with Crippen molar-refractivity contribution in [3.63, 3.8) is 0 Å². The molecular weight excluding hydrogens is 276 g/mol. The Labute approximate surface area is 122 Å². The third-order valence-corrected chi connectivity index (χ3v) is 3.49. The maximum atomic E-state index is 11.6. The van der Waals surface area contributed by atoms with Crippen molar-refractivity contribution in [3.05, 3.63) is 33.9 Å². The van der Waals surface area contributed by atoms with Crippen molar-refractivity contribution in [1.82, 2.24) is 10.6 Å². The monoisotopic (exact) mass is 294 g/mol. The van der Waals surface area contributed by atoms with Gasteiger partial charge in [-0.2, -0.15) is 0 Å². The summed E-state index contributed by atoms with van der Waals surface area (Å²) in [5.41, 5.74) is 0.504. The van der Waals surface area contributed by atoms with E-state index in [1.165, 1.54) is 13.1 Å². The van der Waals surface area contributed by atoms with Crippen LogP contribution in [0.2, 0.25) is 0 Å². The highest BCUT2D eigenvalue weighted by Crippen LogP contribution is 2.27. The Hall–Kier alpha value is -2.19. The van der Waals surface area contributed by atoms with Crippen molar-refractivity contribution < 1.29 is 14.5 Å². The number of nitro benzene ring substituents is 1. The number of methoxy groups -OCH3 is 1. The Morgan fingerprint density at radius 2 is 2.24 bits per heavy atom. The molecule has 0 aromatic heterocycles. The van der Waals surface area contributed by atoms with E-state index >= 15 is 0 Å². The lowest BCUT2D eigenvalue weighted by Crippen LogP contribution is -2.33. The molecule has 1 unspecified atom stereocenters. The second-order valence-electron chi connectivity index (χ2n) is 4.75. The molecule has 1 aliphatic heterocycles. The second kappa shape index (κ2) is 6.51. The van der Waals surface area contributed by atoms with E-state index in [1.807, 2.05) is 0 Å². The second-order valence-corrected chi connectivity index (χ2v) is 4.75. The van der Waals surface area contributed by atoms with Crippen molar-refractivity contribution in [2.75, 3.05) is 32.6 Å². The average Bonchev–Trinajstić information content (AvgIpc) is 2.93. The number of carbonyl (C=O) groups excluding carboxylic acids is 1. The smallest absolute Gasteiger partial charge is 0.293 e. The van der Waals surface area contributed by atoms with E-state index in [1.54, 1.807) is 19.2 Å². The Morgan fingerprint density at radius 1 is 1.48 bits per heavy atom. The van der Waals surface area contributed by atoms with Gasteiger partial charge >= 0.3 is 0 Å². The van der Waals surface area contributed by atoms with E-state index in [2.05, 4.69) is 16.0 Å². The number of nitrogens with one attached hydrogen (secondary N) is 3. The lowest BCUT2D eigenvalue weighted by Gasteiger charge is -2.19. The zero-order valence-electron chi connectivity index (χ0n) is 11.9. The number of benzene rings is 1. The molecule has 8 nitrogen and oxygen atoms in total. The third kappa shape index (κ3) is 3.29. The van der Waals surface area contributed by atoms with Gasteiger partial charge in [0, 0.05) is 38.9 Å². The Bertz CT molecular complexity index is 549. The molecule has 3 N–H and O–H groups in total. The summed E-state index contributed by atoms with van der Waals surface area (Å²) in [6.07, 6.45) is -0.0526. The maximum Gasteiger partial charge on any atom is 0.293 e. The Balaban J connectivity index is 2.26. The summed E-state index contributed by atoms with van der Waals surface area (Å²) in [5, 5.41) is 19.9. The molecule has 1 amide bonds. The number of nitrogens with zero attached hydrogens (tertiary/aromatic N) is 1. The topological polar surface area (TPSA) is 106 Å². The van der Waals surface area contributed by atoms with E-state index in [4.69, 9.17) is 4.74 Å². The van der Waals surface area contributed by atoms with Gasteiger partial charge < -0.3 is 20.7 Å². The molecule has 0 aliphatic carbocycles. The van der Waals surface area contributed by atoms with Crippen LogP contribution in [0.3, 0.4) is 0 Å². The molecule has 0 bridgehead atoms. The zero-order valence-corrected chi connectivity index (χ0v) is 11.9. The lowest BCUT2D eigenvalue weighted by molar-refractivity contribution is -0.384. The Kier molecular flexibility index (Phi) is 4.71. The summed E-state index contributed by atoms with van der Waals surface area (Å²) in [6.45, 7) is 1.35. The fraction of sp³-hybridized carbons (Fsp3) is 0.462. The number of hydrogen-bond acceptors (Lipinski definition) is 6. The van der Waals surface area contributed by atoms with Crippen LogP contribution >= 0.6 is 0 Å². The number of nitro groups is 1. The van der Waals surface area contributed by atoms with Crippen LogP contribution in [0.5, 0.6) is 0 Å². The first kappa shape index (κ1) is 15.2. The van der Waals surface area contributed by atoms with Gasteiger partial charge in [-0.3, -0.25) is 14.9 Å². The molecule has 1 saturated heterocycles. The number of anilines is 1. The van der Waals surface area contributed by atoms with Crippen LogP contribution in [-0.2, 0) is 4.74 Å². The summed E-state index contributed by atoms with van der Waals surface area (Å²) in [5.74, 6) is -0.359. The largest absolute Gasteiger partial charge is 0.378 e. The summed E-state index contributed by atoms with van der Waals surface area (Å²) in [7, 11) is 3.09. The molecule has 1 fully saturated rings. The minimum atomic E-state index is -0.501. The first-order chi connectivity index (χ1) is 10.1. The van der Waals surface area contributed by atoms with Crippen molar-refractivity contribution in [2.45, 2.75) is 12.1 Å². The van der Waals surface area contributed by atoms with Gasteiger partial charge in [-0.05, 0) is 12.1 Å². The van der Waals surface area contributed by atoms with Crippen LogP contribution in [0.15, 0.2) is 18.2 Å². The summed E-state index contributed by atoms with van der Waals surface area (Å²) < 4.78 is 5.32. The van der Waals surface area contributed by atoms with Crippen LogP contribution in [0.1, 0.15) is 10.4 Å². The predicted molar refractivity (Wildman–Crippen MR) is 77.6 cm³/mol. The zero-order chi connectivity index (χ0) is 15.4. The molecule has 1 aromatic rings. The predicted octanol–water partition coefficient (Wildman–Crippen LogP) is 0.353. The van der Waals surface area contributed by atoms with Gasteiger partial charge in [0.05, 0.1) is 17.1 Å². The first-order valence-electron chi connectivity index (χ1n) is 6.57. The normalized spacial score (nSPS) is 21.0. The van der Waals surface area contributed by atoms with Gasteiger partial charge in [0.25, 0.3) is 11.6 Å². The summed E-state index contributed by atoms with van der Waals surface area (Å²) in [6, 6.07) is 4.32. The standard InChI is InChI=1S/C13H18N4O4/c1-14-13(18)8-3-4-9(11(5-8)17(19)20)16-10-6-15-7-12(10)21-2/h3-5,10,12,15-16H,6-7H2,1-2H3,(H,14,18)/t10?,12-/m0/s1. The maximum absolute atomic E-state index is 11.6. The number of carbonyl (C=O) groups is 1. The molecule has 1 aliphatic rings. The fourth-order valence-electron chi connectivity index (χ4n) is 2.34. The van der Waals surface area contributed by atoms with Gasteiger partial charge in [0.15, 0.2) is 0 Å². The minimum Gasteiger partial charge on any atom is -0.378 e. The van der Waals surface area contributed by atoms with Crippen LogP contribution in [0.25, 0.3) is 0 Å². The van der Waals surface area contributed by atoms with Gasteiger partial charge in [0.1, 0.15) is 5.69 Å². The number of amides is 1. The fourth-order valence-corrected chi connectivity index (χ4v) is 2.34. The van der Waals surface area contributed by atoms with Crippen LogP contribution in [0, 0.1) is 10.1 Å². The molecule has 8 heteroatoms. The SMILES string of the molecule is CNC(=O)c1ccc(NC2CNC[C@@H]2OC)c([N+](=O)[O-])c1. The van der Waals surface area contributed by atoms with E-state index < -0.39 is 4.92 Å². The molecule has 1 heterocycles. The molecular formula is C13H18N4O4. The lowest BCUT2D eigenvalue weighted by atomic mass is 10.1.